The van der Waals surface area contributed by atoms with Crippen molar-refractivity contribution in [2.45, 2.75) is 193 Å². The van der Waals surface area contributed by atoms with Crippen LogP contribution >= 0.6 is 0 Å². The Morgan fingerprint density at radius 2 is 0.733 bits per heavy atom. The van der Waals surface area contributed by atoms with Crippen molar-refractivity contribution in [1.29, 1.82) is 0 Å². The van der Waals surface area contributed by atoms with Gasteiger partial charge in [0.25, 0.3) is 5.16 Å². The number of ketones is 1. The number of fused-ring (bicyclic) bond motifs is 1. The molecule has 9 aliphatic rings. The fourth-order valence-corrected chi connectivity index (χ4v) is 18.0. The quantitative estimate of drug-likeness (QED) is 0.00626. The van der Waals surface area contributed by atoms with Gasteiger partial charge in [-0.05, 0) is 181 Å². The van der Waals surface area contributed by atoms with Crippen LogP contribution in [0.1, 0.15) is 159 Å². The SMILES string of the molecule is C.CCOC(=O)CN(Cc1ccnc(N2CCOCC2)c1)c1nc(OC2CCCC2)nc(N)c1[N+](=O)[O-].CCOC(=O)CN(Cc1ccnc(N2CCOCC2)c1)c1nc(OC2CCCC2)nc(N)c1[N+](=O)[O-].CCOC(=O)CN(Cc1ccnc(N2CCOCC2)c1)c1nc(S(C)(=O)=O)nc(N)c1[N+](=O)[O-].Nc1nc(OC2CCCC2)nc2c1CC(=O)CN2Cc1ccnc(N2CCOCC2)c1.OC1CCCC1.[CH3-].[CH3-].[CH3-].[V].[Y].[Y]. The van der Waals surface area contributed by atoms with Gasteiger partial charge in [-0.3, -0.25) is 49.5 Å². The van der Waals surface area contributed by atoms with E-state index >= 15 is 0 Å². The minimum absolute atomic E-state index is 0. The molecular formula is C96H138N27O23SVY2-3. The molecule has 9 N–H and O–H groups in total. The Labute approximate surface area is 936 Å². The van der Waals surface area contributed by atoms with Gasteiger partial charge in [0.1, 0.15) is 72.9 Å². The first-order valence-electron chi connectivity index (χ1n) is 48.1. The molecule has 0 bridgehead atoms. The van der Waals surface area contributed by atoms with Crippen molar-refractivity contribution < 1.29 is 179 Å². The number of hydrogen-bond donors (Lipinski definition) is 5. The number of anilines is 12. The number of aliphatic hydroxyl groups excluding tert-OH is 1. The Kier molecular flexibility index (Phi) is 53.7. The van der Waals surface area contributed by atoms with Gasteiger partial charge in [0.2, 0.25) is 44.7 Å². The number of esters is 3. The summed E-state index contributed by atoms with van der Waals surface area (Å²) in [6, 6.07) is 15.1. The Balaban J connectivity index is 0.000000295. The summed E-state index contributed by atoms with van der Waals surface area (Å²) in [4.78, 5) is 149. The molecule has 0 aromatic carbocycles. The molecule has 13 heterocycles. The van der Waals surface area contributed by atoms with E-state index in [4.69, 9.17) is 75.4 Å². The largest absolute Gasteiger partial charge is 0.465 e. The zero-order chi connectivity index (χ0) is 101. The van der Waals surface area contributed by atoms with Gasteiger partial charge in [-0.25, -0.2) is 28.4 Å². The number of Topliss-reactive ketones (excluding diaryl/α,β-unsaturated/α-hetero) is 1. The molecule has 50 nitrogen and oxygen atoms in total. The molecule has 3 radical (unpaired) electrons. The van der Waals surface area contributed by atoms with Crippen molar-refractivity contribution in [3.05, 3.63) is 154 Å². The van der Waals surface area contributed by atoms with E-state index in [0.717, 1.165) is 131 Å². The van der Waals surface area contributed by atoms with Crippen molar-refractivity contribution >= 4 is 120 Å². The van der Waals surface area contributed by atoms with Gasteiger partial charge >= 0.3 is 53.0 Å². The van der Waals surface area contributed by atoms with Crippen LogP contribution in [-0.2, 0) is 179 Å². The van der Waals surface area contributed by atoms with Crippen molar-refractivity contribution in [2.24, 2.45) is 0 Å². The summed E-state index contributed by atoms with van der Waals surface area (Å²) in [5.74, 6) is 0.586. The maximum atomic E-state index is 12.5. The average molecular weight is 2300 g/mol. The Hall–Kier alpha value is -11.3. The fourth-order valence-electron chi connectivity index (χ4n) is 17.5. The number of rotatable bonds is 34. The van der Waals surface area contributed by atoms with E-state index < -0.39 is 82.9 Å². The first-order chi connectivity index (χ1) is 69.0. The van der Waals surface area contributed by atoms with E-state index in [9.17, 15) is 57.9 Å². The number of sulfone groups is 1. The number of nitro groups is 3. The molecule has 0 unspecified atom stereocenters. The molecule has 8 aromatic heterocycles. The Bertz CT molecular complexity index is 5620. The van der Waals surface area contributed by atoms with Crippen LogP contribution in [-0.4, -0.2) is 294 Å². The number of ether oxygens (including phenoxy) is 10. The van der Waals surface area contributed by atoms with Crippen LogP contribution in [0.25, 0.3) is 0 Å². The van der Waals surface area contributed by atoms with Crippen LogP contribution in [0.15, 0.2) is 78.5 Å². The van der Waals surface area contributed by atoms with E-state index in [0.29, 0.717) is 140 Å². The number of carbonyl (C=O) groups excluding carboxylic acids is 4. The molecule has 4 aliphatic carbocycles. The summed E-state index contributed by atoms with van der Waals surface area (Å²) < 4.78 is 78.8. The van der Waals surface area contributed by atoms with Crippen molar-refractivity contribution in [2.75, 3.05) is 220 Å². The third-order valence-corrected chi connectivity index (χ3v) is 25.3. The zero-order valence-corrected chi connectivity index (χ0v) is 93.3. The molecule has 0 atom stereocenters. The normalized spacial score (nSPS) is 16.0. The standard InChI is InChI=1S/2C23H31N7O6.C22H28N6O3.C19H25N7O7S.C5H10O.CH4.3CH3.V.2Y/c2*1-2-35-19(31)15-29(14-16-7-8-25-18(13-16)28-9-11-34-12-10-28)22-20(30(32)33)21(24)26-23(27-22)36-17-5-3-4-6-17;23-20-18-12-16(29)14-28(21(18)26-22(25-20)31-17-3-1-2-4-17)13-15-5-6-24-19(11-15)27-7-9-30-10-8-27;1-3-33-15(27)12-25(11-13-4-5-21-14(10-13)24-6-8-32-9-7-24)18-16(26(28)29)17(20)22-19(23-18)34(2,30)31;6-5-3-1-2-4-5;;;;;;;/h2*7-8,13,17H,2-6,9-12,14-15H2,1H3,(H2,24,26,27);5-6,11,17H,1-4,7-10,12-14H2,(H2,23,25,26);4-5,10H,3,6-9,11-12H2,1-2H3,(H2,20,22,23);5-6H,1-4H2;1H4;3*1H3;;;/q;;;;;;3*-1;;;. The summed E-state index contributed by atoms with van der Waals surface area (Å²) in [6.45, 7) is 16.2. The summed E-state index contributed by atoms with van der Waals surface area (Å²) in [6.07, 6.45) is 24.3. The number of pyridine rings is 4. The van der Waals surface area contributed by atoms with Gasteiger partial charge in [0.05, 0.1) is 100 Å². The van der Waals surface area contributed by atoms with Gasteiger partial charge in [0.15, 0.2) is 5.78 Å². The van der Waals surface area contributed by atoms with Gasteiger partial charge < -0.3 is 137 Å². The first kappa shape index (κ1) is 127. The molecule has 815 valence electrons. The molecule has 17 rings (SSSR count). The van der Waals surface area contributed by atoms with Gasteiger partial charge in [-0.2, -0.15) is 39.9 Å². The number of nitrogens with zero attached hydrogens (tertiary/aromatic N) is 23. The summed E-state index contributed by atoms with van der Waals surface area (Å²) in [5, 5.41) is 43.7. The monoisotopic (exact) mass is 2300 g/mol. The van der Waals surface area contributed by atoms with Crippen LogP contribution in [0.5, 0.6) is 18.0 Å². The minimum atomic E-state index is -3.95. The number of carbonyl (C=O) groups is 4. The van der Waals surface area contributed by atoms with E-state index in [1.165, 1.54) is 40.4 Å². The van der Waals surface area contributed by atoms with Gasteiger partial charge in [-0.15, -0.1) is 0 Å². The molecule has 0 amide bonds. The molecule has 4 saturated carbocycles. The molecule has 5 aliphatic heterocycles. The molecule has 4 saturated heterocycles. The predicted octanol–water partition coefficient (Wildman–Crippen LogP) is 9.00. The Morgan fingerprint density at radius 1 is 0.447 bits per heavy atom. The van der Waals surface area contributed by atoms with Crippen LogP contribution in [0.3, 0.4) is 0 Å². The molecule has 54 heteroatoms. The molecule has 8 fully saturated rings. The predicted molar refractivity (Wildman–Crippen MR) is 550 cm³/mol. The number of nitrogen functional groups attached to an aromatic ring is 4. The third kappa shape index (κ3) is 37.3. The van der Waals surface area contributed by atoms with Crippen LogP contribution in [0.2, 0.25) is 0 Å². The fraction of sp³-hybridized carbons (Fsp3) is 0.552. The summed E-state index contributed by atoms with van der Waals surface area (Å²) in [5.41, 5.74) is 26.2. The van der Waals surface area contributed by atoms with Gasteiger partial charge in [0, 0.05) is 206 Å². The Morgan fingerprint density at radius 3 is 1.03 bits per heavy atom. The number of hydrogen-bond acceptors (Lipinski definition) is 47. The zero-order valence-electron chi connectivity index (χ0n) is 85.4. The average Bonchev–Trinajstić information content (AvgIpc) is 1.76. The summed E-state index contributed by atoms with van der Waals surface area (Å²) >= 11 is 0. The van der Waals surface area contributed by atoms with Crippen molar-refractivity contribution in [3.8, 4) is 18.0 Å². The minimum Gasteiger partial charge on any atom is -0.465 e. The number of aromatic nitrogens is 12. The summed E-state index contributed by atoms with van der Waals surface area (Å²) in [7, 11) is -3.95. The molecule has 0 spiro atoms. The van der Waals surface area contributed by atoms with Crippen LogP contribution in [0.4, 0.5) is 86.9 Å². The first-order valence-corrected chi connectivity index (χ1v) is 50.0. The number of nitrogens with two attached hydrogens (primary N) is 4. The van der Waals surface area contributed by atoms with Crippen LogP contribution in [0, 0.1) is 52.6 Å². The van der Waals surface area contributed by atoms with Crippen molar-refractivity contribution in [1.82, 2.24) is 59.8 Å². The van der Waals surface area contributed by atoms with E-state index in [1.807, 2.05) is 34.2 Å². The second-order valence-electron chi connectivity index (χ2n) is 35.0. The van der Waals surface area contributed by atoms with Crippen molar-refractivity contribution in [3.63, 3.8) is 0 Å². The number of morpholine rings is 4. The van der Waals surface area contributed by atoms with E-state index in [2.05, 4.69) is 80.6 Å². The maximum Gasteiger partial charge on any atom is 0.353 e. The second kappa shape index (κ2) is 63.3. The molecular weight excluding hydrogens is 2160 g/mol. The third-order valence-electron chi connectivity index (χ3n) is 24.4. The van der Waals surface area contributed by atoms with E-state index in [-0.39, 0.29) is 238 Å². The second-order valence-corrected chi connectivity index (χ2v) is 36.9. The van der Waals surface area contributed by atoms with Gasteiger partial charge in [-0.1, -0.05) is 20.3 Å². The number of aliphatic hydroxyl groups is 1. The smallest absolute Gasteiger partial charge is 0.353 e. The topological polar surface area (TPSA) is 629 Å². The van der Waals surface area contributed by atoms with E-state index in [1.54, 1.807) is 63.6 Å². The molecule has 8 aromatic rings. The maximum absolute atomic E-state index is 12.5. The van der Waals surface area contributed by atoms with Crippen LogP contribution < -0.4 is 76.3 Å². The molecule has 150 heavy (non-hydrogen) atoms.